The number of nitrogens with one attached hydrogen (secondary N) is 1. The number of ether oxygens (including phenoxy) is 1. The molecule has 0 aromatic carbocycles. The molecule has 144 valence electrons. The Labute approximate surface area is 161 Å². The van der Waals surface area contributed by atoms with Crippen molar-refractivity contribution in [3.05, 3.63) is 43.1 Å². The molecule has 0 unspecified atom stereocenters. The molecular formula is C18H20N8O2. The number of methoxy groups -OCH3 is 1. The fourth-order valence-electron chi connectivity index (χ4n) is 3.15. The van der Waals surface area contributed by atoms with Gasteiger partial charge in [0.05, 0.1) is 24.9 Å². The molecule has 0 aliphatic carbocycles. The molecule has 28 heavy (non-hydrogen) atoms. The van der Waals surface area contributed by atoms with Crippen LogP contribution in [0, 0.1) is 5.92 Å². The summed E-state index contributed by atoms with van der Waals surface area (Å²) in [7, 11) is 1.55. The zero-order valence-corrected chi connectivity index (χ0v) is 15.4. The SMILES string of the molecule is COc1ccc(NC(=O)[C@H]2CCCN(c3ccc(-n4cncn4)nn3)C2)cn1. The second kappa shape index (κ2) is 7.99. The average Bonchev–Trinajstić information content (AvgIpc) is 3.29. The minimum Gasteiger partial charge on any atom is -0.481 e. The highest BCUT2D eigenvalue weighted by atomic mass is 16.5. The van der Waals surface area contributed by atoms with Gasteiger partial charge in [0.15, 0.2) is 11.6 Å². The lowest BCUT2D eigenvalue weighted by molar-refractivity contribution is -0.120. The second-order valence-corrected chi connectivity index (χ2v) is 6.45. The third-order valence-corrected chi connectivity index (χ3v) is 4.62. The van der Waals surface area contributed by atoms with Crippen LogP contribution < -0.4 is 15.0 Å². The predicted molar refractivity (Wildman–Crippen MR) is 101 cm³/mol. The largest absolute Gasteiger partial charge is 0.481 e. The molecule has 1 atom stereocenters. The lowest BCUT2D eigenvalue weighted by atomic mass is 9.97. The van der Waals surface area contributed by atoms with Crippen LogP contribution in [0.3, 0.4) is 0 Å². The molecule has 0 bridgehead atoms. The van der Waals surface area contributed by atoms with E-state index in [2.05, 4.69) is 35.5 Å². The Bertz CT molecular complexity index is 912. The maximum Gasteiger partial charge on any atom is 0.229 e. The molecule has 3 aromatic rings. The van der Waals surface area contributed by atoms with Crippen molar-refractivity contribution in [1.82, 2.24) is 29.9 Å². The number of anilines is 2. The number of piperidine rings is 1. The van der Waals surface area contributed by atoms with Crippen LogP contribution in [0.1, 0.15) is 12.8 Å². The highest BCUT2D eigenvalue weighted by Gasteiger charge is 2.27. The second-order valence-electron chi connectivity index (χ2n) is 6.45. The van der Waals surface area contributed by atoms with Crippen molar-refractivity contribution >= 4 is 17.4 Å². The summed E-state index contributed by atoms with van der Waals surface area (Å²) in [6.07, 6.45) is 6.34. The third-order valence-electron chi connectivity index (χ3n) is 4.62. The van der Waals surface area contributed by atoms with Crippen LogP contribution in [0.15, 0.2) is 43.1 Å². The van der Waals surface area contributed by atoms with Gasteiger partial charge in [0.1, 0.15) is 12.7 Å². The van der Waals surface area contributed by atoms with E-state index >= 15 is 0 Å². The van der Waals surface area contributed by atoms with Crippen molar-refractivity contribution in [2.45, 2.75) is 12.8 Å². The van der Waals surface area contributed by atoms with Gasteiger partial charge in [-0.15, -0.1) is 10.2 Å². The van der Waals surface area contributed by atoms with E-state index < -0.39 is 0 Å². The first-order valence-electron chi connectivity index (χ1n) is 8.97. The molecule has 4 rings (SSSR count). The van der Waals surface area contributed by atoms with Crippen LogP contribution in [-0.4, -0.2) is 56.1 Å². The Kier molecular flexibility index (Phi) is 5.09. The molecule has 0 spiro atoms. The van der Waals surface area contributed by atoms with Gasteiger partial charge in [-0.25, -0.2) is 14.6 Å². The molecule has 0 saturated carbocycles. The van der Waals surface area contributed by atoms with Crippen molar-refractivity contribution < 1.29 is 9.53 Å². The molecule has 10 heteroatoms. The Morgan fingerprint density at radius 1 is 1.21 bits per heavy atom. The standard InChI is InChI=1S/C18H20N8O2/c1-28-17-7-4-14(9-20-17)22-18(27)13-3-2-8-25(10-13)15-5-6-16(24-23-15)26-12-19-11-21-26/h4-7,9,11-13H,2-3,8,10H2,1H3,(H,22,27)/t13-/m0/s1. The summed E-state index contributed by atoms with van der Waals surface area (Å²) < 4.78 is 6.58. The van der Waals surface area contributed by atoms with Crippen LogP contribution in [-0.2, 0) is 4.79 Å². The number of aromatic nitrogens is 6. The van der Waals surface area contributed by atoms with Gasteiger partial charge in [0, 0.05) is 19.2 Å². The van der Waals surface area contributed by atoms with Crippen molar-refractivity contribution in [2.75, 3.05) is 30.4 Å². The first-order valence-corrected chi connectivity index (χ1v) is 8.97. The molecule has 4 heterocycles. The summed E-state index contributed by atoms with van der Waals surface area (Å²) in [4.78, 5) is 22.8. The quantitative estimate of drug-likeness (QED) is 0.705. The Morgan fingerprint density at radius 3 is 2.75 bits per heavy atom. The fourth-order valence-corrected chi connectivity index (χ4v) is 3.15. The Balaban J connectivity index is 1.40. The van der Waals surface area contributed by atoms with E-state index in [0.717, 1.165) is 25.2 Å². The third kappa shape index (κ3) is 3.90. The van der Waals surface area contributed by atoms with Crippen molar-refractivity contribution in [1.29, 1.82) is 0 Å². The van der Waals surface area contributed by atoms with Crippen molar-refractivity contribution in [2.24, 2.45) is 5.92 Å². The Morgan fingerprint density at radius 2 is 2.07 bits per heavy atom. The number of carbonyl (C=O) groups excluding carboxylic acids is 1. The summed E-state index contributed by atoms with van der Waals surface area (Å²) in [5, 5.41) is 15.4. The zero-order valence-electron chi connectivity index (χ0n) is 15.4. The summed E-state index contributed by atoms with van der Waals surface area (Å²) in [5.74, 6) is 1.69. The van der Waals surface area contributed by atoms with E-state index in [4.69, 9.17) is 4.74 Å². The van der Waals surface area contributed by atoms with Crippen LogP contribution in [0.2, 0.25) is 0 Å². The maximum atomic E-state index is 12.7. The minimum absolute atomic E-state index is 0.0242. The first-order chi connectivity index (χ1) is 13.7. The van der Waals surface area contributed by atoms with Gasteiger partial charge >= 0.3 is 0 Å². The number of pyridine rings is 1. The van der Waals surface area contributed by atoms with Gasteiger partial charge in [-0.1, -0.05) is 0 Å². The summed E-state index contributed by atoms with van der Waals surface area (Å²) >= 11 is 0. The minimum atomic E-state index is -0.132. The van der Waals surface area contributed by atoms with E-state index in [1.54, 1.807) is 36.4 Å². The lowest BCUT2D eigenvalue weighted by Gasteiger charge is -2.32. The van der Waals surface area contributed by atoms with E-state index in [0.29, 0.717) is 23.9 Å². The molecule has 1 aliphatic rings. The van der Waals surface area contributed by atoms with Gasteiger partial charge in [-0.05, 0) is 31.0 Å². The highest BCUT2D eigenvalue weighted by molar-refractivity contribution is 5.92. The van der Waals surface area contributed by atoms with E-state index in [9.17, 15) is 4.79 Å². The molecule has 1 saturated heterocycles. The lowest BCUT2D eigenvalue weighted by Crippen LogP contribution is -2.41. The van der Waals surface area contributed by atoms with Crippen molar-refractivity contribution in [3.63, 3.8) is 0 Å². The topological polar surface area (TPSA) is 111 Å². The smallest absolute Gasteiger partial charge is 0.229 e. The summed E-state index contributed by atoms with van der Waals surface area (Å²) in [6, 6.07) is 7.22. The van der Waals surface area contributed by atoms with E-state index in [1.165, 1.54) is 6.33 Å². The molecule has 1 amide bonds. The van der Waals surface area contributed by atoms with Crippen LogP contribution in [0.25, 0.3) is 5.82 Å². The molecule has 3 aromatic heterocycles. The van der Waals surface area contributed by atoms with Gasteiger partial charge < -0.3 is 15.0 Å². The van der Waals surface area contributed by atoms with Crippen LogP contribution in [0.4, 0.5) is 11.5 Å². The summed E-state index contributed by atoms with van der Waals surface area (Å²) in [6.45, 7) is 1.43. The number of carbonyl (C=O) groups is 1. The molecular weight excluding hydrogens is 360 g/mol. The van der Waals surface area contributed by atoms with Gasteiger partial charge in [0.2, 0.25) is 11.8 Å². The predicted octanol–water partition coefficient (Wildman–Crippen LogP) is 1.32. The fraction of sp³-hybridized carbons (Fsp3) is 0.333. The van der Waals surface area contributed by atoms with E-state index in [-0.39, 0.29) is 11.8 Å². The number of nitrogens with zero attached hydrogens (tertiary/aromatic N) is 7. The number of hydrogen-bond donors (Lipinski definition) is 1. The van der Waals surface area contributed by atoms with Gasteiger partial charge in [-0.3, -0.25) is 4.79 Å². The molecule has 10 nitrogen and oxygen atoms in total. The Hall–Kier alpha value is -3.56. The summed E-state index contributed by atoms with van der Waals surface area (Å²) in [5.41, 5.74) is 0.653. The average molecular weight is 380 g/mol. The molecule has 1 aliphatic heterocycles. The molecule has 1 fully saturated rings. The maximum absolute atomic E-state index is 12.7. The van der Waals surface area contributed by atoms with Gasteiger partial charge in [0.25, 0.3) is 0 Å². The van der Waals surface area contributed by atoms with Gasteiger partial charge in [-0.2, -0.15) is 5.10 Å². The van der Waals surface area contributed by atoms with E-state index in [1.807, 2.05) is 12.1 Å². The first kappa shape index (κ1) is 17.8. The van der Waals surface area contributed by atoms with Crippen molar-refractivity contribution in [3.8, 4) is 11.7 Å². The zero-order chi connectivity index (χ0) is 19.3. The highest BCUT2D eigenvalue weighted by Crippen LogP contribution is 2.23. The number of hydrogen-bond acceptors (Lipinski definition) is 8. The van der Waals surface area contributed by atoms with Crippen LogP contribution in [0.5, 0.6) is 5.88 Å². The number of rotatable bonds is 5. The number of amides is 1. The monoisotopic (exact) mass is 380 g/mol. The molecule has 1 N–H and O–H groups in total. The molecule has 0 radical (unpaired) electrons. The van der Waals surface area contributed by atoms with Crippen LogP contribution >= 0.6 is 0 Å². The normalized spacial score (nSPS) is 16.6.